The van der Waals surface area contributed by atoms with Crippen molar-refractivity contribution in [3.63, 3.8) is 0 Å². The fraction of sp³-hybridized carbons (Fsp3) is 0.0714. The first kappa shape index (κ1) is 11.5. The molecule has 0 bridgehead atoms. The number of nitrogens with zero attached hydrogens (tertiary/aromatic N) is 1. The summed E-state index contributed by atoms with van der Waals surface area (Å²) >= 11 is 7.40. The Kier molecular flexibility index (Phi) is 3.17. The third-order valence-corrected chi connectivity index (χ3v) is 3.78. The minimum absolute atomic E-state index is 0.525. The molecule has 0 atom stereocenters. The van der Waals surface area contributed by atoms with Gasteiger partial charge >= 0.3 is 0 Å². The first-order valence-corrected chi connectivity index (χ1v) is 6.72. The highest BCUT2D eigenvalue weighted by Crippen LogP contribution is 2.24. The summed E-state index contributed by atoms with van der Waals surface area (Å²) in [4.78, 5) is 5.46. The molecule has 0 N–H and O–H groups in total. The van der Waals surface area contributed by atoms with Gasteiger partial charge in [-0.3, -0.25) is 4.98 Å². The van der Waals surface area contributed by atoms with Crippen molar-refractivity contribution < 1.29 is 4.74 Å². The molecule has 0 saturated carbocycles. The lowest BCUT2D eigenvalue weighted by Crippen LogP contribution is -1.93. The number of thiophene rings is 1. The van der Waals surface area contributed by atoms with E-state index in [-0.39, 0.29) is 0 Å². The highest BCUT2D eigenvalue weighted by molar-refractivity contribution is 7.16. The third-order valence-electron chi connectivity index (χ3n) is 2.58. The second-order valence-electron chi connectivity index (χ2n) is 3.86. The van der Waals surface area contributed by atoms with Gasteiger partial charge in [0, 0.05) is 10.3 Å². The molecule has 90 valence electrons. The summed E-state index contributed by atoms with van der Waals surface area (Å²) in [6.45, 7) is 0.525. The molecule has 0 amide bonds. The Hall–Kier alpha value is -1.58. The highest BCUT2D eigenvalue weighted by atomic mass is 35.5. The van der Waals surface area contributed by atoms with Crippen LogP contribution in [0.25, 0.3) is 10.9 Å². The van der Waals surface area contributed by atoms with Gasteiger partial charge in [-0.05, 0) is 24.3 Å². The van der Waals surface area contributed by atoms with Crippen LogP contribution >= 0.6 is 22.9 Å². The van der Waals surface area contributed by atoms with Crippen molar-refractivity contribution in [1.82, 2.24) is 4.98 Å². The van der Waals surface area contributed by atoms with Gasteiger partial charge in [0.05, 0.1) is 16.0 Å². The Morgan fingerprint density at radius 1 is 1.17 bits per heavy atom. The number of fused-ring (bicyclic) bond motifs is 1. The van der Waals surface area contributed by atoms with E-state index in [2.05, 4.69) is 4.98 Å². The molecule has 1 aromatic carbocycles. The maximum absolute atomic E-state index is 5.87. The second-order valence-corrected chi connectivity index (χ2v) is 5.66. The van der Waals surface area contributed by atoms with E-state index < -0.39 is 0 Å². The average Bonchev–Trinajstić information content (AvgIpc) is 2.82. The van der Waals surface area contributed by atoms with E-state index in [1.54, 1.807) is 6.20 Å². The van der Waals surface area contributed by atoms with E-state index in [1.807, 2.05) is 42.5 Å². The molecule has 2 heterocycles. The molecule has 18 heavy (non-hydrogen) atoms. The van der Waals surface area contributed by atoms with Crippen LogP contribution in [0.3, 0.4) is 0 Å². The lowest BCUT2D eigenvalue weighted by Gasteiger charge is -2.05. The van der Waals surface area contributed by atoms with Gasteiger partial charge in [0.2, 0.25) is 0 Å². The van der Waals surface area contributed by atoms with E-state index in [0.29, 0.717) is 6.61 Å². The standard InChI is InChI=1S/C14H10ClNOS/c15-14-6-5-12(18-14)9-17-11-7-10-3-1-2-4-13(10)16-8-11/h1-8H,9H2. The molecular formula is C14H10ClNOS. The van der Waals surface area contributed by atoms with Crippen molar-refractivity contribution in [2.24, 2.45) is 0 Å². The van der Waals surface area contributed by atoms with Crippen LogP contribution in [0.1, 0.15) is 4.88 Å². The number of benzene rings is 1. The van der Waals surface area contributed by atoms with Crippen LogP contribution in [0.2, 0.25) is 4.34 Å². The molecule has 2 aromatic heterocycles. The van der Waals surface area contributed by atoms with Gasteiger partial charge in [0.1, 0.15) is 12.4 Å². The van der Waals surface area contributed by atoms with Crippen LogP contribution in [0.15, 0.2) is 48.7 Å². The summed E-state index contributed by atoms with van der Waals surface area (Å²) in [5, 5.41) is 1.08. The van der Waals surface area contributed by atoms with Crippen LogP contribution in [0.4, 0.5) is 0 Å². The number of hydrogen-bond donors (Lipinski definition) is 0. The predicted molar refractivity (Wildman–Crippen MR) is 75.4 cm³/mol. The number of rotatable bonds is 3. The van der Waals surface area contributed by atoms with Gasteiger partial charge in [-0.15, -0.1) is 11.3 Å². The molecule has 0 aliphatic rings. The van der Waals surface area contributed by atoms with Gasteiger partial charge in [-0.2, -0.15) is 0 Å². The summed E-state index contributed by atoms with van der Waals surface area (Å²) in [6.07, 6.45) is 1.75. The Labute approximate surface area is 114 Å². The zero-order valence-electron chi connectivity index (χ0n) is 9.47. The van der Waals surface area contributed by atoms with Gasteiger partial charge in [-0.1, -0.05) is 29.8 Å². The smallest absolute Gasteiger partial charge is 0.138 e. The van der Waals surface area contributed by atoms with Crippen LogP contribution < -0.4 is 4.74 Å². The van der Waals surface area contributed by atoms with E-state index in [9.17, 15) is 0 Å². The summed E-state index contributed by atoms with van der Waals surface area (Å²) in [7, 11) is 0. The van der Waals surface area contributed by atoms with Crippen molar-refractivity contribution in [3.05, 3.63) is 57.9 Å². The number of hydrogen-bond acceptors (Lipinski definition) is 3. The minimum atomic E-state index is 0.525. The summed E-state index contributed by atoms with van der Waals surface area (Å²) in [6, 6.07) is 13.8. The topological polar surface area (TPSA) is 22.1 Å². The lowest BCUT2D eigenvalue weighted by atomic mass is 10.2. The number of halogens is 1. The molecule has 0 saturated heterocycles. The van der Waals surface area contributed by atoms with Crippen molar-refractivity contribution in [2.75, 3.05) is 0 Å². The van der Waals surface area contributed by atoms with Crippen molar-refractivity contribution in [1.29, 1.82) is 0 Å². The number of pyridine rings is 1. The van der Waals surface area contributed by atoms with Crippen LogP contribution in [-0.2, 0) is 6.61 Å². The molecule has 0 aliphatic carbocycles. The molecule has 2 nitrogen and oxygen atoms in total. The predicted octanol–water partition coefficient (Wildman–Crippen LogP) is 4.53. The zero-order chi connectivity index (χ0) is 12.4. The highest BCUT2D eigenvalue weighted by Gasteiger charge is 2.01. The maximum Gasteiger partial charge on any atom is 0.138 e. The average molecular weight is 276 g/mol. The lowest BCUT2D eigenvalue weighted by molar-refractivity contribution is 0.309. The molecule has 0 radical (unpaired) electrons. The van der Waals surface area contributed by atoms with E-state index >= 15 is 0 Å². The maximum atomic E-state index is 5.87. The van der Waals surface area contributed by atoms with Crippen LogP contribution in [0.5, 0.6) is 5.75 Å². The Morgan fingerprint density at radius 3 is 2.89 bits per heavy atom. The fourth-order valence-corrected chi connectivity index (χ4v) is 2.71. The summed E-state index contributed by atoms with van der Waals surface area (Å²) < 4.78 is 6.49. The molecule has 4 heteroatoms. The Balaban J connectivity index is 1.78. The third kappa shape index (κ3) is 2.47. The number of para-hydroxylation sites is 1. The van der Waals surface area contributed by atoms with Gasteiger partial charge in [0.25, 0.3) is 0 Å². The van der Waals surface area contributed by atoms with Crippen LogP contribution in [0, 0.1) is 0 Å². The molecule has 0 fully saturated rings. The largest absolute Gasteiger partial charge is 0.486 e. The normalized spacial score (nSPS) is 10.7. The Morgan fingerprint density at radius 2 is 2.06 bits per heavy atom. The van der Waals surface area contributed by atoms with E-state index in [0.717, 1.165) is 25.9 Å². The second kappa shape index (κ2) is 4.96. The van der Waals surface area contributed by atoms with Gasteiger partial charge in [-0.25, -0.2) is 0 Å². The summed E-state index contributed by atoms with van der Waals surface area (Å²) in [5.74, 6) is 0.776. The molecule has 0 unspecified atom stereocenters. The zero-order valence-corrected chi connectivity index (χ0v) is 11.0. The molecule has 3 aromatic rings. The van der Waals surface area contributed by atoms with Crippen molar-refractivity contribution in [3.8, 4) is 5.75 Å². The van der Waals surface area contributed by atoms with Gasteiger partial charge < -0.3 is 4.74 Å². The molecule has 3 rings (SSSR count). The first-order chi connectivity index (χ1) is 8.81. The minimum Gasteiger partial charge on any atom is -0.486 e. The molecule has 0 spiro atoms. The number of aromatic nitrogens is 1. The summed E-state index contributed by atoms with van der Waals surface area (Å²) in [5.41, 5.74) is 0.976. The van der Waals surface area contributed by atoms with Crippen molar-refractivity contribution in [2.45, 2.75) is 6.61 Å². The van der Waals surface area contributed by atoms with E-state index in [4.69, 9.17) is 16.3 Å². The van der Waals surface area contributed by atoms with Crippen LogP contribution in [-0.4, -0.2) is 4.98 Å². The monoisotopic (exact) mass is 275 g/mol. The fourth-order valence-electron chi connectivity index (χ4n) is 1.71. The van der Waals surface area contributed by atoms with Gasteiger partial charge in [0.15, 0.2) is 0 Å². The SMILES string of the molecule is Clc1ccc(COc2cnc3ccccc3c2)s1. The van der Waals surface area contributed by atoms with Crippen molar-refractivity contribution >= 4 is 33.8 Å². The number of ether oxygens (including phenoxy) is 1. The first-order valence-electron chi connectivity index (χ1n) is 5.53. The Bertz CT molecular complexity index is 680. The van der Waals surface area contributed by atoms with E-state index in [1.165, 1.54) is 11.3 Å². The quantitative estimate of drug-likeness (QED) is 0.701. The molecule has 0 aliphatic heterocycles. The molecular weight excluding hydrogens is 266 g/mol.